The third-order valence-corrected chi connectivity index (χ3v) is 9.28. The summed E-state index contributed by atoms with van der Waals surface area (Å²) in [5.74, 6) is 1.45. The molecular formula is C29H33NO7. The predicted octanol–water partition coefficient (Wildman–Crippen LogP) is 4.61. The third-order valence-electron chi connectivity index (χ3n) is 9.28. The molecule has 6 atom stereocenters. The van der Waals surface area contributed by atoms with Crippen LogP contribution in [0.4, 0.5) is 5.69 Å². The third kappa shape index (κ3) is 3.31. The van der Waals surface area contributed by atoms with E-state index in [2.05, 4.69) is 25.7 Å². The highest BCUT2D eigenvalue weighted by Gasteiger charge is 2.55. The molecule has 2 aromatic carbocycles. The van der Waals surface area contributed by atoms with Crippen LogP contribution in [0, 0.1) is 23.7 Å². The van der Waals surface area contributed by atoms with Crippen LogP contribution in [-0.4, -0.2) is 42.6 Å². The number of hydrogen-bond donors (Lipinski definition) is 1. The quantitative estimate of drug-likeness (QED) is 0.631. The molecule has 8 heteroatoms. The lowest BCUT2D eigenvalue weighted by Gasteiger charge is -2.45. The first kappa shape index (κ1) is 23.2. The Morgan fingerprint density at radius 1 is 0.865 bits per heavy atom. The molecule has 0 spiro atoms. The van der Waals surface area contributed by atoms with Crippen molar-refractivity contribution in [2.75, 3.05) is 24.8 Å². The van der Waals surface area contributed by atoms with Gasteiger partial charge in [0.25, 0.3) is 0 Å². The van der Waals surface area contributed by atoms with E-state index in [4.69, 9.17) is 23.7 Å². The van der Waals surface area contributed by atoms with Gasteiger partial charge in [0.1, 0.15) is 17.2 Å². The standard InChI is InChI=1S/C29H33NO7/c1-15-12-34-28(3)22(15)9-19-24-21(11-30(14-33-24)18-7-5-17(6-8-18)27(31)32)26-20(25(19)36-28)10-23-16(2)13-35-29(23,4)37-26/h5-8,15-16,22-23H,9-14H2,1-4H3,(H,31,32). The van der Waals surface area contributed by atoms with Crippen LogP contribution in [0.1, 0.15) is 54.7 Å². The van der Waals surface area contributed by atoms with E-state index in [9.17, 15) is 9.90 Å². The molecule has 2 aromatic rings. The molecule has 0 radical (unpaired) electrons. The lowest BCUT2D eigenvalue weighted by Crippen LogP contribution is -2.48. The normalized spacial score (nSPS) is 35.2. The monoisotopic (exact) mass is 507 g/mol. The number of carboxylic acids is 1. The first-order chi connectivity index (χ1) is 17.7. The van der Waals surface area contributed by atoms with Crippen LogP contribution in [0.3, 0.4) is 0 Å². The molecule has 6 unspecified atom stereocenters. The Balaban J connectivity index is 1.35. The highest BCUT2D eigenvalue weighted by molar-refractivity contribution is 5.88. The predicted molar refractivity (Wildman–Crippen MR) is 134 cm³/mol. The fourth-order valence-electron chi connectivity index (χ4n) is 7.05. The van der Waals surface area contributed by atoms with E-state index in [0.717, 1.165) is 52.5 Å². The van der Waals surface area contributed by atoms with Crippen molar-refractivity contribution in [3.8, 4) is 17.2 Å². The molecule has 37 heavy (non-hydrogen) atoms. The zero-order valence-corrected chi connectivity index (χ0v) is 21.7. The van der Waals surface area contributed by atoms with Gasteiger partial charge in [0, 0.05) is 42.5 Å². The van der Waals surface area contributed by atoms with E-state index in [0.29, 0.717) is 38.3 Å². The second-order valence-corrected chi connectivity index (χ2v) is 11.7. The first-order valence-corrected chi connectivity index (χ1v) is 13.2. The van der Waals surface area contributed by atoms with Crippen LogP contribution < -0.4 is 19.1 Å². The molecule has 5 aliphatic heterocycles. The lowest BCUT2D eigenvalue weighted by molar-refractivity contribution is -0.174. The summed E-state index contributed by atoms with van der Waals surface area (Å²) in [5.41, 5.74) is 4.37. The molecule has 0 amide bonds. The molecule has 2 saturated heterocycles. The zero-order valence-electron chi connectivity index (χ0n) is 21.7. The van der Waals surface area contributed by atoms with Gasteiger partial charge in [-0.3, -0.25) is 0 Å². The van der Waals surface area contributed by atoms with Crippen LogP contribution in [0.25, 0.3) is 0 Å². The number of fused-ring (bicyclic) bond motifs is 8. The van der Waals surface area contributed by atoms with Gasteiger partial charge in [0.2, 0.25) is 11.6 Å². The van der Waals surface area contributed by atoms with Gasteiger partial charge in [-0.2, -0.15) is 0 Å². The molecule has 196 valence electrons. The maximum absolute atomic E-state index is 11.3. The van der Waals surface area contributed by atoms with Crippen molar-refractivity contribution < 1.29 is 33.6 Å². The van der Waals surface area contributed by atoms with Crippen LogP contribution in [0.15, 0.2) is 24.3 Å². The second-order valence-electron chi connectivity index (χ2n) is 11.7. The largest absolute Gasteiger partial charge is 0.478 e. The number of rotatable bonds is 2. The number of nitrogens with zero attached hydrogens (tertiary/aromatic N) is 1. The molecule has 2 fully saturated rings. The molecule has 5 aliphatic rings. The van der Waals surface area contributed by atoms with Crippen molar-refractivity contribution in [1.82, 2.24) is 0 Å². The summed E-state index contributed by atoms with van der Waals surface area (Å²) in [4.78, 5) is 13.4. The van der Waals surface area contributed by atoms with Gasteiger partial charge in [-0.05, 0) is 48.9 Å². The first-order valence-electron chi connectivity index (χ1n) is 13.2. The van der Waals surface area contributed by atoms with Gasteiger partial charge in [0.05, 0.1) is 30.9 Å². The van der Waals surface area contributed by atoms with Crippen molar-refractivity contribution in [3.63, 3.8) is 0 Å². The van der Waals surface area contributed by atoms with Crippen LogP contribution in [0.5, 0.6) is 17.2 Å². The molecule has 7 rings (SSSR count). The number of benzene rings is 2. The minimum Gasteiger partial charge on any atom is -0.478 e. The number of anilines is 1. The fourth-order valence-corrected chi connectivity index (χ4v) is 7.05. The summed E-state index contributed by atoms with van der Waals surface area (Å²) in [6.45, 7) is 10.8. The van der Waals surface area contributed by atoms with Crippen molar-refractivity contribution in [2.24, 2.45) is 23.7 Å². The van der Waals surface area contributed by atoms with Crippen molar-refractivity contribution in [3.05, 3.63) is 46.5 Å². The Morgan fingerprint density at radius 3 is 1.97 bits per heavy atom. The molecule has 0 saturated carbocycles. The Kier molecular flexibility index (Phi) is 4.87. The molecule has 0 aliphatic carbocycles. The summed E-state index contributed by atoms with van der Waals surface area (Å²) < 4.78 is 32.4. The molecule has 1 N–H and O–H groups in total. The van der Waals surface area contributed by atoms with Gasteiger partial charge in [-0.25, -0.2) is 4.79 Å². The number of carbonyl (C=O) groups is 1. The van der Waals surface area contributed by atoms with Gasteiger partial charge in [-0.15, -0.1) is 0 Å². The minimum absolute atomic E-state index is 0.226. The fraction of sp³-hybridized carbons (Fsp3) is 0.552. The SMILES string of the molecule is CC1COC2(C)Oc3c(c4c(c5c3CC3C(C)COC3(C)O5)CN(c3ccc(C(=O)O)cc3)CO4)CC12. The highest BCUT2D eigenvalue weighted by atomic mass is 16.7. The number of aromatic carboxylic acids is 1. The molecule has 5 heterocycles. The Bertz CT molecular complexity index is 1290. The van der Waals surface area contributed by atoms with E-state index in [1.165, 1.54) is 0 Å². The Labute approximate surface area is 216 Å². The van der Waals surface area contributed by atoms with E-state index in [1.807, 2.05) is 19.1 Å². The van der Waals surface area contributed by atoms with Crippen LogP contribution in [0.2, 0.25) is 0 Å². The summed E-state index contributed by atoms with van der Waals surface area (Å²) in [7, 11) is 0. The highest BCUT2D eigenvalue weighted by Crippen LogP contribution is 2.58. The zero-order chi connectivity index (χ0) is 25.7. The number of carboxylic acid groups (broad SMARTS) is 1. The minimum atomic E-state index is -0.938. The summed E-state index contributed by atoms with van der Waals surface area (Å²) in [6.07, 6.45) is 1.65. The Morgan fingerprint density at radius 2 is 1.41 bits per heavy atom. The average molecular weight is 508 g/mol. The molecule has 0 aromatic heterocycles. The molecular weight excluding hydrogens is 474 g/mol. The van der Waals surface area contributed by atoms with Crippen LogP contribution >= 0.6 is 0 Å². The van der Waals surface area contributed by atoms with Gasteiger partial charge >= 0.3 is 5.97 Å². The molecule has 0 bridgehead atoms. The summed E-state index contributed by atoms with van der Waals surface area (Å²) in [6, 6.07) is 6.91. The lowest BCUT2D eigenvalue weighted by atomic mass is 9.77. The van der Waals surface area contributed by atoms with Gasteiger partial charge in [0.15, 0.2) is 6.73 Å². The number of hydrogen-bond acceptors (Lipinski definition) is 7. The smallest absolute Gasteiger partial charge is 0.335 e. The van der Waals surface area contributed by atoms with Crippen molar-refractivity contribution in [2.45, 2.75) is 58.7 Å². The maximum atomic E-state index is 11.3. The van der Waals surface area contributed by atoms with E-state index in [1.54, 1.807) is 12.1 Å². The summed E-state index contributed by atoms with van der Waals surface area (Å²) in [5, 5.41) is 9.29. The average Bonchev–Trinajstić information content (AvgIpc) is 3.35. The van der Waals surface area contributed by atoms with E-state index >= 15 is 0 Å². The van der Waals surface area contributed by atoms with E-state index < -0.39 is 17.5 Å². The maximum Gasteiger partial charge on any atom is 0.335 e. The molecule has 8 nitrogen and oxygen atoms in total. The topological polar surface area (TPSA) is 86.7 Å². The van der Waals surface area contributed by atoms with Gasteiger partial charge in [-0.1, -0.05) is 13.8 Å². The van der Waals surface area contributed by atoms with Crippen molar-refractivity contribution in [1.29, 1.82) is 0 Å². The second kappa shape index (κ2) is 7.77. The Hall–Kier alpha value is -2.97. The number of ether oxygens (including phenoxy) is 5. The van der Waals surface area contributed by atoms with Gasteiger partial charge < -0.3 is 33.7 Å². The van der Waals surface area contributed by atoms with Crippen molar-refractivity contribution >= 4 is 11.7 Å². The van der Waals surface area contributed by atoms with Crippen LogP contribution in [-0.2, 0) is 28.9 Å². The summed E-state index contributed by atoms with van der Waals surface area (Å²) >= 11 is 0. The van der Waals surface area contributed by atoms with E-state index in [-0.39, 0.29) is 17.4 Å².